The van der Waals surface area contributed by atoms with Gasteiger partial charge in [0.15, 0.2) is 0 Å². The maximum Gasteiger partial charge on any atom is 0.341 e. The lowest BCUT2D eigenvalue weighted by Crippen LogP contribution is -1.93. The fraction of sp³-hybridized carbons (Fsp3) is 0.214. The Morgan fingerprint density at radius 2 is 2.00 bits per heavy atom. The Labute approximate surface area is 106 Å². The standard InChI is InChI=1S/C14H16O2S/c1-4-12-5-7-13(8-6-12)10(2)9-17-11(3)14(15)16/h5-9H,3-4H2,1-2H3,(H,15,16)/b10-9+. The summed E-state index contributed by atoms with van der Waals surface area (Å²) in [6.07, 6.45) is 1.02. The molecule has 1 aromatic rings. The zero-order chi connectivity index (χ0) is 12.8. The van der Waals surface area contributed by atoms with E-state index in [2.05, 4.69) is 37.8 Å². The number of carboxylic acids is 1. The maximum absolute atomic E-state index is 10.6. The molecule has 0 aliphatic rings. The van der Waals surface area contributed by atoms with Crippen LogP contribution in [0.3, 0.4) is 0 Å². The van der Waals surface area contributed by atoms with Gasteiger partial charge in [-0.3, -0.25) is 0 Å². The second-order valence-corrected chi connectivity index (χ2v) is 4.66. The van der Waals surface area contributed by atoms with Crippen molar-refractivity contribution in [2.45, 2.75) is 20.3 Å². The molecule has 3 heteroatoms. The Kier molecular flexibility index (Phi) is 5.04. The van der Waals surface area contributed by atoms with Crippen molar-refractivity contribution in [2.24, 2.45) is 0 Å². The number of carboxylic acid groups (broad SMARTS) is 1. The minimum Gasteiger partial charge on any atom is -0.477 e. The van der Waals surface area contributed by atoms with Gasteiger partial charge in [-0.15, -0.1) is 0 Å². The quantitative estimate of drug-likeness (QED) is 0.802. The van der Waals surface area contributed by atoms with Gasteiger partial charge >= 0.3 is 5.97 Å². The van der Waals surface area contributed by atoms with Gasteiger partial charge in [0.1, 0.15) is 0 Å². The minimum atomic E-state index is -0.972. The van der Waals surface area contributed by atoms with Gasteiger partial charge in [-0.2, -0.15) is 0 Å². The van der Waals surface area contributed by atoms with Crippen LogP contribution in [0.5, 0.6) is 0 Å². The molecule has 0 aromatic heterocycles. The zero-order valence-corrected chi connectivity index (χ0v) is 10.9. The van der Waals surface area contributed by atoms with Crippen molar-refractivity contribution >= 4 is 23.3 Å². The molecular formula is C14H16O2S. The van der Waals surface area contributed by atoms with Crippen LogP contribution in [0.4, 0.5) is 0 Å². The minimum absolute atomic E-state index is 0.134. The molecule has 0 saturated carbocycles. The van der Waals surface area contributed by atoms with Crippen LogP contribution < -0.4 is 0 Å². The Hall–Kier alpha value is -1.48. The molecule has 1 N–H and O–H groups in total. The van der Waals surface area contributed by atoms with Crippen LogP contribution in [-0.4, -0.2) is 11.1 Å². The first kappa shape index (κ1) is 13.6. The van der Waals surface area contributed by atoms with Gasteiger partial charge in [-0.05, 0) is 35.5 Å². The molecule has 0 fully saturated rings. The van der Waals surface area contributed by atoms with Crippen molar-refractivity contribution in [3.05, 3.63) is 52.3 Å². The third kappa shape index (κ3) is 4.11. The number of benzene rings is 1. The summed E-state index contributed by atoms with van der Waals surface area (Å²) in [4.78, 5) is 10.7. The number of carbonyl (C=O) groups is 1. The van der Waals surface area contributed by atoms with Crippen molar-refractivity contribution in [3.8, 4) is 0 Å². The Balaban J connectivity index is 2.74. The maximum atomic E-state index is 10.6. The number of hydrogen-bond donors (Lipinski definition) is 1. The van der Waals surface area contributed by atoms with E-state index in [1.165, 1.54) is 5.56 Å². The third-order valence-electron chi connectivity index (χ3n) is 2.43. The van der Waals surface area contributed by atoms with Gasteiger partial charge in [-0.25, -0.2) is 4.79 Å². The van der Waals surface area contributed by atoms with Crippen molar-refractivity contribution in [2.75, 3.05) is 0 Å². The fourth-order valence-corrected chi connectivity index (χ4v) is 1.84. The second-order valence-electron chi connectivity index (χ2n) is 3.70. The highest BCUT2D eigenvalue weighted by molar-refractivity contribution is 8.06. The molecule has 0 radical (unpaired) electrons. The molecule has 0 heterocycles. The Bertz CT molecular complexity index is 444. The van der Waals surface area contributed by atoms with Crippen LogP contribution in [0.2, 0.25) is 0 Å². The van der Waals surface area contributed by atoms with E-state index in [9.17, 15) is 4.79 Å². The van der Waals surface area contributed by atoms with Crippen LogP contribution >= 0.6 is 11.8 Å². The van der Waals surface area contributed by atoms with E-state index in [1.54, 1.807) is 0 Å². The first-order chi connectivity index (χ1) is 8.04. The molecule has 1 aromatic carbocycles. The number of rotatable bonds is 5. The molecule has 0 aliphatic heterocycles. The summed E-state index contributed by atoms with van der Waals surface area (Å²) in [5.74, 6) is -0.972. The molecule has 0 atom stereocenters. The summed E-state index contributed by atoms with van der Waals surface area (Å²) in [5, 5.41) is 10.5. The monoisotopic (exact) mass is 248 g/mol. The fourth-order valence-electron chi connectivity index (χ4n) is 1.28. The van der Waals surface area contributed by atoms with Gasteiger partial charge in [-0.1, -0.05) is 49.5 Å². The van der Waals surface area contributed by atoms with Gasteiger partial charge in [0.25, 0.3) is 0 Å². The van der Waals surface area contributed by atoms with Crippen LogP contribution in [0.1, 0.15) is 25.0 Å². The normalized spacial score (nSPS) is 11.3. The molecule has 0 spiro atoms. The van der Waals surface area contributed by atoms with E-state index in [1.807, 2.05) is 12.3 Å². The lowest BCUT2D eigenvalue weighted by Gasteiger charge is -2.03. The number of allylic oxidation sites excluding steroid dienone is 1. The second kappa shape index (κ2) is 6.30. The van der Waals surface area contributed by atoms with E-state index in [0.717, 1.165) is 29.3 Å². The van der Waals surface area contributed by atoms with Crippen molar-refractivity contribution < 1.29 is 9.90 Å². The van der Waals surface area contributed by atoms with Crippen molar-refractivity contribution in [1.29, 1.82) is 0 Å². The number of hydrogen-bond acceptors (Lipinski definition) is 2. The number of aliphatic carboxylic acids is 1. The van der Waals surface area contributed by atoms with Gasteiger partial charge < -0.3 is 5.11 Å². The third-order valence-corrected chi connectivity index (χ3v) is 3.36. The summed E-state index contributed by atoms with van der Waals surface area (Å²) in [6, 6.07) is 8.27. The SMILES string of the molecule is C=C(S/C=C(\C)c1ccc(CC)cc1)C(=O)O. The predicted octanol–water partition coefficient (Wildman–Crippen LogP) is 3.94. The highest BCUT2D eigenvalue weighted by Crippen LogP contribution is 2.23. The first-order valence-electron chi connectivity index (χ1n) is 5.39. The topological polar surface area (TPSA) is 37.3 Å². The largest absolute Gasteiger partial charge is 0.477 e. The highest BCUT2D eigenvalue weighted by Gasteiger charge is 2.03. The molecule has 2 nitrogen and oxygen atoms in total. The molecule has 0 aliphatic carbocycles. The lowest BCUT2D eigenvalue weighted by molar-refractivity contribution is -0.131. The van der Waals surface area contributed by atoms with Crippen LogP contribution in [0.25, 0.3) is 5.57 Å². The van der Waals surface area contributed by atoms with Gasteiger partial charge in [0.05, 0.1) is 4.91 Å². The molecule has 0 amide bonds. The molecule has 1 rings (SSSR count). The summed E-state index contributed by atoms with van der Waals surface area (Å²) in [6.45, 7) is 7.54. The van der Waals surface area contributed by atoms with Crippen molar-refractivity contribution in [1.82, 2.24) is 0 Å². The van der Waals surface area contributed by atoms with E-state index in [4.69, 9.17) is 5.11 Å². The molecule has 0 unspecified atom stereocenters. The first-order valence-corrected chi connectivity index (χ1v) is 6.27. The molecular weight excluding hydrogens is 232 g/mol. The van der Waals surface area contributed by atoms with Gasteiger partial charge in [0, 0.05) is 0 Å². The molecule has 90 valence electrons. The van der Waals surface area contributed by atoms with E-state index in [0.29, 0.717) is 0 Å². The summed E-state index contributed by atoms with van der Waals surface area (Å²) in [5.41, 5.74) is 3.44. The number of aryl methyl sites for hydroxylation is 1. The summed E-state index contributed by atoms with van der Waals surface area (Å²) < 4.78 is 0. The Morgan fingerprint density at radius 3 is 2.47 bits per heavy atom. The van der Waals surface area contributed by atoms with E-state index < -0.39 is 5.97 Å². The van der Waals surface area contributed by atoms with Gasteiger partial charge in [0.2, 0.25) is 0 Å². The molecule has 0 saturated heterocycles. The summed E-state index contributed by atoms with van der Waals surface area (Å²) in [7, 11) is 0. The summed E-state index contributed by atoms with van der Waals surface area (Å²) >= 11 is 1.14. The number of thioether (sulfide) groups is 1. The van der Waals surface area contributed by atoms with E-state index >= 15 is 0 Å². The molecule has 0 bridgehead atoms. The predicted molar refractivity (Wildman–Crippen MR) is 73.8 cm³/mol. The average Bonchev–Trinajstić information content (AvgIpc) is 2.35. The lowest BCUT2D eigenvalue weighted by atomic mass is 10.1. The van der Waals surface area contributed by atoms with E-state index in [-0.39, 0.29) is 4.91 Å². The smallest absolute Gasteiger partial charge is 0.341 e. The Morgan fingerprint density at radius 1 is 1.41 bits per heavy atom. The average molecular weight is 248 g/mol. The zero-order valence-electron chi connectivity index (χ0n) is 10.1. The van der Waals surface area contributed by atoms with Crippen LogP contribution in [-0.2, 0) is 11.2 Å². The molecule has 17 heavy (non-hydrogen) atoms. The van der Waals surface area contributed by atoms with Crippen molar-refractivity contribution in [3.63, 3.8) is 0 Å². The van der Waals surface area contributed by atoms with Crippen LogP contribution in [0, 0.1) is 0 Å². The highest BCUT2D eigenvalue weighted by atomic mass is 32.2. The van der Waals surface area contributed by atoms with Crippen LogP contribution in [0.15, 0.2) is 41.2 Å².